The van der Waals surface area contributed by atoms with Gasteiger partial charge in [-0.15, -0.1) is 0 Å². The first-order valence-corrected chi connectivity index (χ1v) is 7.44. The van der Waals surface area contributed by atoms with Gasteiger partial charge in [-0.25, -0.2) is 0 Å². The number of nitrogens with one attached hydrogen (secondary N) is 3. The lowest BCUT2D eigenvalue weighted by Crippen LogP contribution is -2.55. The maximum absolute atomic E-state index is 12.1. The molecule has 3 N–H and O–H groups in total. The van der Waals surface area contributed by atoms with Crippen molar-refractivity contribution in [1.29, 1.82) is 0 Å². The topological polar surface area (TPSA) is 73.5 Å². The van der Waals surface area contributed by atoms with Crippen molar-refractivity contribution in [2.45, 2.75) is 39.8 Å². The van der Waals surface area contributed by atoms with E-state index in [4.69, 9.17) is 0 Å². The highest BCUT2D eigenvalue weighted by Crippen LogP contribution is 2.01. The van der Waals surface area contributed by atoms with Gasteiger partial charge in [-0.1, -0.05) is 13.8 Å². The summed E-state index contributed by atoms with van der Waals surface area (Å²) in [6.45, 7) is 11.9. The molecule has 20 heavy (non-hydrogen) atoms. The summed E-state index contributed by atoms with van der Waals surface area (Å²) in [6.07, 6.45) is 0. The summed E-state index contributed by atoms with van der Waals surface area (Å²) in [5.74, 6) is 0.195. The molecule has 0 radical (unpaired) electrons. The largest absolute Gasteiger partial charge is 0.354 e. The predicted molar refractivity (Wildman–Crippen MR) is 79.4 cm³/mol. The lowest BCUT2D eigenvalue weighted by Gasteiger charge is -2.32. The lowest BCUT2D eigenvalue weighted by molar-refractivity contribution is -0.131. The highest BCUT2D eigenvalue weighted by atomic mass is 16.2. The Labute approximate surface area is 121 Å². The zero-order valence-corrected chi connectivity index (χ0v) is 13.0. The van der Waals surface area contributed by atoms with Gasteiger partial charge in [0.05, 0.1) is 6.04 Å². The third-order valence-electron chi connectivity index (χ3n) is 3.52. The van der Waals surface area contributed by atoms with E-state index in [0.29, 0.717) is 12.5 Å². The minimum absolute atomic E-state index is 0.0842. The van der Waals surface area contributed by atoms with Gasteiger partial charge in [0.2, 0.25) is 11.8 Å². The molecule has 1 aliphatic heterocycles. The summed E-state index contributed by atoms with van der Waals surface area (Å²) in [7, 11) is 0. The van der Waals surface area contributed by atoms with Gasteiger partial charge in [-0.3, -0.25) is 14.5 Å². The first kappa shape index (κ1) is 16.9. The molecule has 0 aliphatic carbocycles. The summed E-state index contributed by atoms with van der Waals surface area (Å²) >= 11 is 0. The molecule has 1 aliphatic rings. The number of amides is 2. The predicted octanol–water partition coefficient (Wildman–Crippen LogP) is -0.443. The highest BCUT2D eigenvalue weighted by Gasteiger charge is 2.25. The molecule has 1 saturated heterocycles. The number of carbonyl (C=O) groups excluding carboxylic acids is 2. The smallest absolute Gasteiger partial charge is 0.242 e. The number of hydrogen-bond acceptors (Lipinski definition) is 4. The second-order valence-corrected chi connectivity index (χ2v) is 5.83. The van der Waals surface area contributed by atoms with E-state index < -0.39 is 6.04 Å². The number of carbonyl (C=O) groups is 2. The van der Waals surface area contributed by atoms with E-state index in [1.807, 2.05) is 20.8 Å². The van der Waals surface area contributed by atoms with E-state index in [0.717, 1.165) is 26.2 Å². The van der Waals surface area contributed by atoms with Gasteiger partial charge < -0.3 is 16.0 Å². The van der Waals surface area contributed by atoms with Gasteiger partial charge in [0.15, 0.2) is 0 Å². The Morgan fingerprint density at radius 3 is 2.25 bits per heavy atom. The Morgan fingerprint density at radius 1 is 1.10 bits per heavy atom. The zero-order chi connectivity index (χ0) is 15.1. The van der Waals surface area contributed by atoms with Crippen LogP contribution in [-0.4, -0.2) is 61.5 Å². The van der Waals surface area contributed by atoms with Crippen molar-refractivity contribution in [1.82, 2.24) is 20.9 Å². The highest BCUT2D eigenvalue weighted by molar-refractivity contribution is 5.89. The summed E-state index contributed by atoms with van der Waals surface area (Å²) in [5, 5.41) is 8.87. The molecule has 2 atom stereocenters. The molecule has 1 fully saturated rings. The zero-order valence-electron chi connectivity index (χ0n) is 13.0. The van der Waals surface area contributed by atoms with Gasteiger partial charge in [0, 0.05) is 32.7 Å². The molecule has 2 unspecified atom stereocenters. The average Bonchev–Trinajstić information content (AvgIpc) is 2.44. The van der Waals surface area contributed by atoms with E-state index in [2.05, 4.69) is 20.9 Å². The van der Waals surface area contributed by atoms with Crippen LogP contribution in [-0.2, 0) is 9.59 Å². The number of rotatable bonds is 6. The monoisotopic (exact) mass is 284 g/mol. The summed E-state index contributed by atoms with van der Waals surface area (Å²) < 4.78 is 0. The van der Waals surface area contributed by atoms with Crippen LogP contribution in [0.5, 0.6) is 0 Å². The summed E-state index contributed by atoms with van der Waals surface area (Å²) in [5.41, 5.74) is 0. The van der Waals surface area contributed by atoms with Crippen molar-refractivity contribution >= 4 is 11.8 Å². The molecule has 2 amide bonds. The number of piperazine rings is 1. The Bertz CT molecular complexity index is 327. The molecular weight excluding hydrogens is 256 g/mol. The fourth-order valence-electron chi connectivity index (χ4n) is 2.09. The Morgan fingerprint density at radius 2 is 1.70 bits per heavy atom. The molecule has 6 nitrogen and oxygen atoms in total. The second-order valence-electron chi connectivity index (χ2n) is 5.83. The van der Waals surface area contributed by atoms with Crippen molar-refractivity contribution in [2.24, 2.45) is 5.92 Å². The van der Waals surface area contributed by atoms with Crippen molar-refractivity contribution in [3.63, 3.8) is 0 Å². The van der Waals surface area contributed by atoms with Gasteiger partial charge in [-0.2, -0.15) is 0 Å². The van der Waals surface area contributed by atoms with Crippen molar-refractivity contribution in [3.8, 4) is 0 Å². The molecular formula is C14H28N4O2. The molecule has 0 spiro atoms. The van der Waals surface area contributed by atoms with Gasteiger partial charge in [-0.05, 0) is 19.8 Å². The number of hydrogen-bond donors (Lipinski definition) is 3. The lowest BCUT2D eigenvalue weighted by atomic mass is 10.2. The Kier molecular flexibility index (Phi) is 6.95. The Balaban J connectivity index is 2.37. The SMILES string of the molecule is CC(C)CNC(=O)C(C)NC(=O)C(C)N1CCNCC1. The Hall–Kier alpha value is -1.14. The average molecular weight is 284 g/mol. The fraction of sp³-hybridized carbons (Fsp3) is 0.857. The van der Waals surface area contributed by atoms with E-state index in [-0.39, 0.29) is 17.9 Å². The molecule has 0 bridgehead atoms. The standard InChI is InChI=1S/C14H28N4O2/c1-10(2)9-16-13(19)11(3)17-14(20)12(4)18-7-5-15-6-8-18/h10-12,15H,5-9H2,1-4H3,(H,16,19)(H,17,20). The quantitative estimate of drug-likeness (QED) is 0.618. The molecule has 1 heterocycles. The van der Waals surface area contributed by atoms with Crippen LogP contribution < -0.4 is 16.0 Å². The van der Waals surface area contributed by atoms with E-state index >= 15 is 0 Å². The molecule has 0 aromatic heterocycles. The minimum Gasteiger partial charge on any atom is -0.354 e. The second kappa shape index (κ2) is 8.21. The first-order chi connectivity index (χ1) is 9.41. The van der Waals surface area contributed by atoms with Crippen molar-refractivity contribution in [2.75, 3.05) is 32.7 Å². The molecule has 6 heteroatoms. The van der Waals surface area contributed by atoms with Crippen LogP contribution >= 0.6 is 0 Å². The molecule has 0 aromatic carbocycles. The van der Waals surface area contributed by atoms with Crippen LogP contribution in [0.25, 0.3) is 0 Å². The maximum Gasteiger partial charge on any atom is 0.242 e. The number of nitrogens with zero attached hydrogens (tertiary/aromatic N) is 1. The minimum atomic E-state index is -0.494. The van der Waals surface area contributed by atoms with Crippen LogP contribution in [0.15, 0.2) is 0 Å². The van der Waals surface area contributed by atoms with Crippen LogP contribution in [0.4, 0.5) is 0 Å². The summed E-state index contributed by atoms with van der Waals surface area (Å²) in [4.78, 5) is 26.1. The van der Waals surface area contributed by atoms with E-state index in [9.17, 15) is 9.59 Å². The van der Waals surface area contributed by atoms with E-state index in [1.54, 1.807) is 6.92 Å². The van der Waals surface area contributed by atoms with Gasteiger partial charge in [0.1, 0.15) is 6.04 Å². The fourth-order valence-corrected chi connectivity index (χ4v) is 2.09. The first-order valence-electron chi connectivity index (χ1n) is 7.44. The molecule has 116 valence electrons. The third-order valence-corrected chi connectivity index (χ3v) is 3.52. The van der Waals surface area contributed by atoms with Gasteiger partial charge in [0.25, 0.3) is 0 Å². The molecule has 1 rings (SSSR count). The van der Waals surface area contributed by atoms with Crippen LogP contribution in [0, 0.1) is 5.92 Å². The maximum atomic E-state index is 12.1. The van der Waals surface area contributed by atoms with Crippen molar-refractivity contribution in [3.05, 3.63) is 0 Å². The molecule has 0 saturated carbocycles. The summed E-state index contributed by atoms with van der Waals surface area (Å²) in [6, 6.07) is -0.691. The third kappa shape index (κ3) is 5.46. The van der Waals surface area contributed by atoms with Gasteiger partial charge >= 0.3 is 0 Å². The van der Waals surface area contributed by atoms with Crippen molar-refractivity contribution < 1.29 is 9.59 Å². The van der Waals surface area contributed by atoms with Crippen LogP contribution in [0.1, 0.15) is 27.7 Å². The normalized spacial score (nSPS) is 19.4. The van der Waals surface area contributed by atoms with Crippen LogP contribution in [0.2, 0.25) is 0 Å². The molecule has 0 aromatic rings. The van der Waals surface area contributed by atoms with Crippen LogP contribution in [0.3, 0.4) is 0 Å². The van der Waals surface area contributed by atoms with E-state index in [1.165, 1.54) is 0 Å².